The van der Waals surface area contributed by atoms with E-state index in [9.17, 15) is 13.2 Å². The molecular formula is C11H16N2O4S. The first-order valence-electron chi connectivity index (χ1n) is 5.26. The molecule has 1 aromatic carbocycles. The van der Waals surface area contributed by atoms with Crippen molar-refractivity contribution in [2.45, 2.75) is 17.9 Å². The van der Waals surface area contributed by atoms with Gasteiger partial charge in [-0.25, -0.2) is 8.42 Å². The average Bonchev–Trinajstić information content (AvgIpc) is 2.27. The molecular weight excluding hydrogens is 256 g/mol. The van der Waals surface area contributed by atoms with E-state index in [2.05, 4.69) is 4.72 Å². The average molecular weight is 272 g/mol. The van der Waals surface area contributed by atoms with Crippen LogP contribution in [-0.2, 0) is 14.8 Å². The second kappa shape index (κ2) is 5.36. The lowest BCUT2D eigenvalue weighted by Crippen LogP contribution is -2.44. The third-order valence-electron chi connectivity index (χ3n) is 2.29. The van der Waals surface area contributed by atoms with Crippen LogP contribution in [0.3, 0.4) is 0 Å². The van der Waals surface area contributed by atoms with Gasteiger partial charge in [-0.05, 0) is 31.2 Å². The molecule has 1 atom stereocenters. The number of sulfonamides is 1. The zero-order chi connectivity index (χ0) is 13.9. The molecule has 0 heterocycles. The lowest BCUT2D eigenvalue weighted by molar-refractivity contribution is -0.130. The van der Waals surface area contributed by atoms with Gasteiger partial charge in [0.05, 0.1) is 10.9 Å². The maximum absolute atomic E-state index is 11.9. The van der Waals surface area contributed by atoms with Gasteiger partial charge in [0.2, 0.25) is 15.9 Å². The molecule has 0 aliphatic carbocycles. The highest BCUT2D eigenvalue weighted by Gasteiger charge is 2.22. The van der Waals surface area contributed by atoms with E-state index in [1.54, 1.807) is 14.1 Å². The van der Waals surface area contributed by atoms with Gasteiger partial charge in [-0.1, -0.05) is 0 Å². The Kier molecular flexibility index (Phi) is 4.31. The lowest BCUT2D eigenvalue weighted by atomic mass is 10.3. The van der Waals surface area contributed by atoms with Crippen molar-refractivity contribution < 1.29 is 18.3 Å². The number of rotatable bonds is 4. The summed E-state index contributed by atoms with van der Waals surface area (Å²) < 4.78 is 26.1. The molecule has 0 aliphatic heterocycles. The second-order valence-corrected chi connectivity index (χ2v) is 5.78. The van der Waals surface area contributed by atoms with E-state index in [1.165, 1.54) is 36.1 Å². The number of nitrogens with one attached hydrogen (secondary N) is 1. The molecule has 18 heavy (non-hydrogen) atoms. The number of aromatic hydroxyl groups is 1. The Morgan fingerprint density at radius 1 is 1.28 bits per heavy atom. The van der Waals surface area contributed by atoms with E-state index in [1.807, 2.05) is 0 Å². The van der Waals surface area contributed by atoms with Crippen LogP contribution in [0, 0.1) is 0 Å². The molecule has 0 aromatic heterocycles. The standard InChI is InChI=1S/C11H16N2O4S/c1-8(11(15)13(2)3)12-18(16,17)10-6-4-9(14)5-7-10/h4-8,12,14H,1-3H3. The molecule has 0 fully saturated rings. The number of phenols is 1. The quantitative estimate of drug-likeness (QED) is 0.816. The minimum Gasteiger partial charge on any atom is -0.508 e. The van der Waals surface area contributed by atoms with Crippen LogP contribution in [-0.4, -0.2) is 44.5 Å². The fourth-order valence-electron chi connectivity index (χ4n) is 1.36. The summed E-state index contributed by atoms with van der Waals surface area (Å²) in [4.78, 5) is 12.9. The van der Waals surface area contributed by atoms with Crippen LogP contribution in [0.1, 0.15) is 6.92 Å². The number of benzene rings is 1. The Bertz CT molecular complexity index is 522. The van der Waals surface area contributed by atoms with E-state index < -0.39 is 16.1 Å². The summed E-state index contributed by atoms with van der Waals surface area (Å²) in [6.07, 6.45) is 0. The number of hydrogen-bond donors (Lipinski definition) is 2. The Hall–Kier alpha value is -1.60. The van der Waals surface area contributed by atoms with Crippen LogP contribution in [0.5, 0.6) is 5.75 Å². The Morgan fingerprint density at radius 3 is 2.22 bits per heavy atom. The monoisotopic (exact) mass is 272 g/mol. The maximum Gasteiger partial charge on any atom is 0.241 e. The summed E-state index contributed by atoms with van der Waals surface area (Å²) >= 11 is 0. The molecule has 7 heteroatoms. The predicted octanol–water partition coefficient (Wildman–Crippen LogP) is 0.147. The number of hydrogen-bond acceptors (Lipinski definition) is 4. The molecule has 1 aromatic rings. The van der Waals surface area contributed by atoms with Crippen molar-refractivity contribution in [2.75, 3.05) is 14.1 Å². The third kappa shape index (κ3) is 3.44. The van der Waals surface area contributed by atoms with Gasteiger partial charge in [0, 0.05) is 14.1 Å². The van der Waals surface area contributed by atoms with E-state index >= 15 is 0 Å². The van der Waals surface area contributed by atoms with Crippen molar-refractivity contribution >= 4 is 15.9 Å². The molecule has 0 radical (unpaired) electrons. The molecule has 6 nitrogen and oxygen atoms in total. The number of carbonyl (C=O) groups excluding carboxylic acids is 1. The highest BCUT2D eigenvalue weighted by Crippen LogP contribution is 2.14. The molecule has 1 unspecified atom stereocenters. The fourth-order valence-corrected chi connectivity index (χ4v) is 2.56. The number of phenolic OH excluding ortho intramolecular Hbond substituents is 1. The molecule has 0 saturated carbocycles. The Labute approximate surface area is 106 Å². The Balaban J connectivity index is 2.89. The van der Waals surface area contributed by atoms with Gasteiger partial charge in [0.15, 0.2) is 0 Å². The molecule has 100 valence electrons. The first-order chi connectivity index (χ1) is 8.24. The van der Waals surface area contributed by atoms with Crippen molar-refractivity contribution in [1.29, 1.82) is 0 Å². The maximum atomic E-state index is 11.9. The zero-order valence-corrected chi connectivity index (χ0v) is 11.2. The summed E-state index contributed by atoms with van der Waals surface area (Å²) in [5.74, 6) is -0.358. The third-order valence-corrected chi connectivity index (χ3v) is 3.85. The summed E-state index contributed by atoms with van der Waals surface area (Å²) in [5.41, 5.74) is 0. The second-order valence-electron chi connectivity index (χ2n) is 4.07. The number of nitrogens with zero attached hydrogens (tertiary/aromatic N) is 1. The predicted molar refractivity (Wildman–Crippen MR) is 66.6 cm³/mol. The van der Waals surface area contributed by atoms with Crippen molar-refractivity contribution in [1.82, 2.24) is 9.62 Å². The van der Waals surface area contributed by atoms with Gasteiger partial charge in [0.25, 0.3) is 0 Å². The summed E-state index contributed by atoms with van der Waals surface area (Å²) in [6.45, 7) is 1.47. The highest BCUT2D eigenvalue weighted by molar-refractivity contribution is 7.89. The van der Waals surface area contributed by atoms with Gasteiger partial charge < -0.3 is 10.0 Å². The molecule has 2 N–H and O–H groups in total. The smallest absolute Gasteiger partial charge is 0.241 e. The summed E-state index contributed by atoms with van der Waals surface area (Å²) in [6, 6.07) is 4.23. The van der Waals surface area contributed by atoms with Crippen LogP contribution in [0.25, 0.3) is 0 Å². The lowest BCUT2D eigenvalue weighted by Gasteiger charge is -2.18. The molecule has 1 amide bonds. The zero-order valence-electron chi connectivity index (χ0n) is 10.4. The van der Waals surface area contributed by atoms with Crippen molar-refractivity contribution in [3.8, 4) is 5.75 Å². The fraction of sp³-hybridized carbons (Fsp3) is 0.364. The first-order valence-corrected chi connectivity index (χ1v) is 6.75. The van der Waals surface area contributed by atoms with Crippen molar-refractivity contribution in [3.63, 3.8) is 0 Å². The van der Waals surface area contributed by atoms with Crippen LogP contribution in [0.2, 0.25) is 0 Å². The van der Waals surface area contributed by atoms with E-state index in [-0.39, 0.29) is 16.6 Å². The van der Waals surface area contributed by atoms with Gasteiger partial charge in [-0.2, -0.15) is 4.72 Å². The van der Waals surface area contributed by atoms with Crippen LogP contribution in [0.15, 0.2) is 29.2 Å². The number of likely N-dealkylation sites (N-methyl/N-ethyl adjacent to an activating group) is 1. The SMILES string of the molecule is CC(NS(=O)(=O)c1ccc(O)cc1)C(=O)N(C)C. The molecule has 0 aliphatic rings. The highest BCUT2D eigenvalue weighted by atomic mass is 32.2. The number of carbonyl (C=O) groups is 1. The molecule has 1 rings (SSSR count). The van der Waals surface area contributed by atoms with Crippen molar-refractivity contribution in [3.05, 3.63) is 24.3 Å². The van der Waals surface area contributed by atoms with Gasteiger partial charge >= 0.3 is 0 Å². The van der Waals surface area contributed by atoms with Crippen molar-refractivity contribution in [2.24, 2.45) is 0 Å². The van der Waals surface area contributed by atoms with Gasteiger partial charge in [-0.3, -0.25) is 4.79 Å². The van der Waals surface area contributed by atoms with E-state index in [0.29, 0.717) is 0 Å². The molecule has 0 saturated heterocycles. The first kappa shape index (κ1) is 14.5. The van der Waals surface area contributed by atoms with E-state index in [4.69, 9.17) is 5.11 Å². The van der Waals surface area contributed by atoms with Crippen LogP contribution >= 0.6 is 0 Å². The minimum atomic E-state index is -3.76. The largest absolute Gasteiger partial charge is 0.508 e. The number of amides is 1. The minimum absolute atomic E-state index is 0.00120. The summed E-state index contributed by atoms with van der Waals surface area (Å²) in [5, 5.41) is 9.09. The van der Waals surface area contributed by atoms with Gasteiger partial charge in [-0.15, -0.1) is 0 Å². The Morgan fingerprint density at radius 2 is 1.78 bits per heavy atom. The van der Waals surface area contributed by atoms with Crippen LogP contribution in [0.4, 0.5) is 0 Å². The molecule has 0 spiro atoms. The molecule has 0 bridgehead atoms. The van der Waals surface area contributed by atoms with E-state index in [0.717, 1.165) is 0 Å². The topological polar surface area (TPSA) is 86.7 Å². The normalized spacial score (nSPS) is 13.1. The van der Waals surface area contributed by atoms with Gasteiger partial charge in [0.1, 0.15) is 5.75 Å². The summed E-state index contributed by atoms with van der Waals surface area (Å²) in [7, 11) is -0.665. The van der Waals surface area contributed by atoms with Crippen LogP contribution < -0.4 is 4.72 Å².